The highest BCUT2D eigenvalue weighted by Gasteiger charge is 2.42. The standard InChI is InChI=1S/C28H22F8O3/c1-2-3-4-16-14-37-26(38-15-16)19-12-23(30)25(24(31)13-19)28(35,36)39-20-8-5-17(6-9-20)18-7-10-21(22(29)11-18)27(32,33)34/h2,5-13,16,26H,1,3-4,14-15H2. The summed E-state index contributed by atoms with van der Waals surface area (Å²) in [5.41, 5.74) is -2.94. The molecule has 3 aromatic rings. The van der Waals surface area contributed by atoms with Gasteiger partial charge in [-0.2, -0.15) is 22.0 Å². The minimum Gasteiger partial charge on any atom is -0.429 e. The molecule has 0 amide bonds. The number of hydrogen-bond acceptors (Lipinski definition) is 3. The van der Waals surface area contributed by atoms with Crippen molar-refractivity contribution in [1.29, 1.82) is 0 Å². The van der Waals surface area contributed by atoms with Crippen LogP contribution in [0.2, 0.25) is 0 Å². The molecule has 1 saturated heterocycles. The van der Waals surface area contributed by atoms with Gasteiger partial charge in [0, 0.05) is 11.5 Å². The van der Waals surface area contributed by atoms with Crippen molar-refractivity contribution in [3.05, 3.63) is 101 Å². The number of ether oxygens (including phenoxy) is 3. The monoisotopic (exact) mass is 558 g/mol. The van der Waals surface area contributed by atoms with Crippen molar-refractivity contribution in [2.45, 2.75) is 31.4 Å². The molecular formula is C28H22F8O3. The summed E-state index contributed by atoms with van der Waals surface area (Å²) >= 11 is 0. The minimum atomic E-state index is -4.88. The first-order valence-electron chi connectivity index (χ1n) is 11.8. The van der Waals surface area contributed by atoms with E-state index in [-0.39, 0.29) is 35.8 Å². The van der Waals surface area contributed by atoms with Gasteiger partial charge in [0.15, 0.2) is 6.29 Å². The van der Waals surface area contributed by atoms with Gasteiger partial charge >= 0.3 is 12.3 Å². The molecule has 1 heterocycles. The summed E-state index contributed by atoms with van der Waals surface area (Å²) in [6, 6.07) is 7.99. The zero-order valence-corrected chi connectivity index (χ0v) is 20.2. The van der Waals surface area contributed by atoms with Gasteiger partial charge in [-0.1, -0.05) is 24.3 Å². The van der Waals surface area contributed by atoms with Crippen LogP contribution in [0.15, 0.2) is 67.3 Å². The molecule has 0 unspecified atom stereocenters. The summed E-state index contributed by atoms with van der Waals surface area (Å²) in [6.07, 6.45) is -7.19. The van der Waals surface area contributed by atoms with Crippen LogP contribution in [-0.2, 0) is 21.8 Å². The van der Waals surface area contributed by atoms with Crippen molar-refractivity contribution in [2.75, 3.05) is 13.2 Å². The Bertz CT molecular complexity index is 1290. The molecule has 39 heavy (non-hydrogen) atoms. The Labute approximate surface area is 218 Å². The molecule has 0 spiro atoms. The van der Waals surface area contributed by atoms with E-state index in [2.05, 4.69) is 11.3 Å². The Kier molecular flexibility index (Phi) is 8.31. The molecule has 0 N–H and O–H groups in total. The van der Waals surface area contributed by atoms with Crippen LogP contribution in [0, 0.1) is 23.4 Å². The lowest BCUT2D eigenvalue weighted by Crippen LogP contribution is -2.28. The average Bonchev–Trinajstić information content (AvgIpc) is 2.86. The first-order valence-corrected chi connectivity index (χ1v) is 11.8. The second-order valence-electron chi connectivity index (χ2n) is 8.93. The van der Waals surface area contributed by atoms with Crippen LogP contribution in [0.5, 0.6) is 5.75 Å². The van der Waals surface area contributed by atoms with Gasteiger partial charge in [-0.3, -0.25) is 0 Å². The van der Waals surface area contributed by atoms with Crippen LogP contribution >= 0.6 is 0 Å². The number of alkyl halides is 5. The highest BCUT2D eigenvalue weighted by molar-refractivity contribution is 5.64. The van der Waals surface area contributed by atoms with Gasteiger partial charge in [-0.25, -0.2) is 13.2 Å². The Morgan fingerprint density at radius 2 is 1.41 bits per heavy atom. The average molecular weight is 558 g/mol. The van der Waals surface area contributed by atoms with Crippen molar-refractivity contribution < 1.29 is 49.3 Å². The fraction of sp³-hybridized carbons (Fsp3) is 0.286. The Morgan fingerprint density at radius 3 is 1.95 bits per heavy atom. The molecule has 0 bridgehead atoms. The van der Waals surface area contributed by atoms with E-state index < -0.39 is 52.9 Å². The Morgan fingerprint density at radius 1 is 0.821 bits per heavy atom. The Balaban J connectivity index is 1.47. The molecule has 3 nitrogen and oxygen atoms in total. The second kappa shape index (κ2) is 11.4. The maximum atomic E-state index is 14.8. The van der Waals surface area contributed by atoms with Crippen molar-refractivity contribution in [3.8, 4) is 16.9 Å². The third-order valence-corrected chi connectivity index (χ3v) is 6.08. The van der Waals surface area contributed by atoms with Gasteiger partial charge in [0.2, 0.25) is 0 Å². The lowest BCUT2D eigenvalue weighted by atomic mass is 10.0. The third kappa shape index (κ3) is 6.59. The predicted octanol–water partition coefficient (Wildman–Crippen LogP) is 8.55. The highest BCUT2D eigenvalue weighted by Crippen LogP contribution is 2.38. The van der Waals surface area contributed by atoms with Gasteiger partial charge in [0.05, 0.1) is 18.8 Å². The van der Waals surface area contributed by atoms with Crippen LogP contribution < -0.4 is 4.74 Å². The summed E-state index contributed by atoms with van der Waals surface area (Å²) in [5.74, 6) is -5.09. The molecule has 208 valence electrons. The largest absolute Gasteiger partial charge is 0.432 e. The van der Waals surface area contributed by atoms with E-state index in [1.165, 1.54) is 12.1 Å². The zero-order valence-electron chi connectivity index (χ0n) is 20.2. The van der Waals surface area contributed by atoms with Crippen molar-refractivity contribution in [1.82, 2.24) is 0 Å². The summed E-state index contributed by atoms with van der Waals surface area (Å²) < 4.78 is 127. The molecule has 11 heteroatoms. The third-order valence-electron chi connectivity index (χ3n) is 6.08. The molecule has 0 saturated carbocycles. The van der Waals surface area contributed by atoms with Crippen LogP contribution in [0.4, 0.5) is 35.1 Å². The Hall–Kier alpha value is -3.44. The first kappa shape index (κ1) is 28.6. The van der Waals surface area contributed by atoms with E-state index in [4.69, 9.17) is 9.47 Å². The second-order valence-corrected chi connectivity index (χ2v) is 8.93. The van der Waals surface area contributed by atoms with E-state index in [0.717, 1.165) is 31.0 Å². The minimum absolute atomic E-state index is 0.0469. The fourth-order valence-corrected chi connectivity index (χ4v) is 4.10. The van der Waals surface area contributed by atoms with Gasteiger partial charge in [-0.15, -0.1) is 6.58 Å². The lowest BCUT2D eigenvalue weighted by molar-refractivity contribution is -0.206. The molecule has 0 atom stereocenters. The molecule has 3 aromatic carbocycles. The number of halogens is 8. The molecule has 4 rings (SSSR count). The van der Waals surface area contributed by atoms with Crippen molar-refractivity contribution in [3.63, 3.8) is 0 Å². The van der Waals surface area contributed by atoms with E-state index in [1.807, 2.05) is 0 Å². The van der Waals surface area contributed by atoms with Crippen molar-refractivity contribution >= 4 is 0 Å². The molecular weight excluding hydrogens is 536 g/mol. The van der Waals surface area contributed by atoms with Gasteiger partial charge < -0.3 is 14.2 Å². The summed E-state index contributed by atoms with van der Waals surface area (Å²) in [7, 11) is 0. The first-order chi connectivity index (χ1) is 18.4. The number of allylic oxidation sites excluding steroid dienone is 1. The summed E-state index contributed by atoms with van der Waals surface area (Å²) in [6.45, 7) is 4.15. The van der Waals surface area contributed by atoms with E-state index in [0.29, 0.717) is 24.3 Å². The number of rotatable bonds is 8. The van der Waals surface area contributed by atoms with E-state index in [9.17, 15) is 35.1 Å². The smallest absolute Gasteiger partial charge is 0.429 e. The summed E-state index contributed by atoms with van der Waals surface area (Å²) in [4.78, 5) is 0. The van der Waals surface area contributed by atoms with Crippen molar-refractivity contribution in [2.24, 2.45) is 5.92 Å². The highest BCUT2D eigenvalue weighted by atomic mass is 19.4. The topological polar surface area (TPSA) is 27.7 Å². The molecule has 1 aliphatic heterocycles. The van der Waals surface area contributed by atoms with Gasteiger partial charge in [-0.05, 0) is 60.4 Å². The van der Waals surface area contributed by atoms with Gasteiger partial charge in [0.1, 0.15) is 28.8 Å². The number of hydrogen-bond donors (Lipinski definition) is 0. The van der Waals surface area contributed by atoms with Crippen LogP contribution in [0.1, 0.15) is 35.8 Å². The zero-order chi connectivity index (χ0) is 28.4. The van der Waals surface area contributed by atoms with Crippen LogP contribution in [-0.4, -0.2) is 13.2 Å². The van der Waals surface area contributed by atoms with E-state index >= 15 is 0 Å². The molecule has 1 aliphatic rings. The quantitative estimate of drug-likeness (QED) is 0.205. The number of benzene rings is 3. The lowest BCUT2D eigenvalue weighted by Gasteiger charge is -2.30. The molecule has 0 aliphatic carbocycles. The maximum absolute atomic E-state index is 14.8. The predicted molar refractivity (Wildman–Crippen MR) is 125 cm³/mol. The fourth-order valence-electron chi connectivity index (χ4n) is 4.10. The molecule has 0 radical (unpaired) electrons. The molecule has 1 fully saturated rings. The SMILES string of the molecule is C=CCCC1COC(c2cc(F)c(C(F)(F)Oc3ccc(-c4ccc(C(F)(F)F)c(F)c4)cc3)c(F)c2)OC1. The maximum Gasteiger partial charge on any atom is 0.432 e. The van der Waals surface area contributed by atoms with E-state index in [1.54, 1.807) is 6.08 Å². The van der Waals surface area contributed by atoms with Crippen LogP contribution in [0.25, 0.3) is 11.1 Å². The van der Waals surface area contributed by atoms with Gasteiger partial charge in [0.25, 0.3) is 0 Å². The normalized spacial score (nSPS) is 18.2. The molecule has 0 aromatic heterocycles. The summed E-state index contributed by atoms with van der Waals surface area (Å²) in [5, 5.41) is 0. The van der Waals surface area contributed by atoms with Crippen LogP contribution in [0.3, 0.4) is 0 Å².